The maximum absolute atomic E-state index is 12.5. The molecular weight excluding hydrogens is 424 g/mol. The van der Waals surface area contributed by atoms with Crippen LogP contribution >= 0.6 is 0 Å². The Morgan fingerprint density at radius 3 is 2.73 bits per heavy atom. The molecule has 33 heavy (non-hydrogen) atoms. The summed E-state index contributed by atoms with van der Waals surface area (Å²) in [6.45, 7) is 6.41. The van der Waals surface area contributed by atoms with Crippen molar-refractivity contribution in [1.29, 1.82) is 0 Å². The summed E-state index contributed by atoms with van der Waals surface area (Å²) in [5, 5.41) is 15.5. The van der Waals surface area contributed by atoms with Crippen LogP contribution in [0.5, 0.6) is 5.75 Å². The number of benzene rings is 2. The summed E-state index contributed by atoms with van der Waals surface area (Å²) in [6.07, 6.45) is 3.78. The predicted octanol–water partition coefficient (Wildman–Crippen LogP) is 4.75. The van der Waals surface area contributed by atoms with Crippen LogP contribution in [0.1, 0.15) is 42.5 Å². The first kappa shape index (κ1) is 22.1. The number of hydrogen-bond acceptors (Lipinski definition) is 7. The highest BCUT2D eigenvalue weighted by Gasteiger charge is 2.28. The van der Waals surface area contributed by atoms with Crippen LogP contribution < -0.4 is 15.1 Å². The number of hydrazone groups is 1. The van der Waals surface area contributed by atoms with E-state index in [4.69, 9.17) is 9.15 Å². The first-order chi connectivity index (χ1) is 15.6. The minimum Gasteiger partial charge on any atom is -0.493 e. The summed E-state index contributed by atoms with van der Waals surface area (Å²) in [4.78, 5) is 25.3. The van der Waals surface area contributed by atoms with Crippen LogP contribution in [0.4, 0.5) is 11.4 Å². The van der Waals surface area contributed by atoms with Gasteiger partial charge in [-0.2, -0.15) is 5.10 Å². The summed E-state index contributed by atoms with van der Waals surface area (Å²) in [7, 11) is 3.44. The summed E-state index contributed by atoms with van der Waals surface area (Å²) in [5.74, 6) is -0.441. The Morgan fingerprint density at radius 2 is 2.03 bits per heavy atom. The third-order valence-corrected chi connectivity index (χ3v) is 5.84. The van der Waals surface area contributed by atoms with Gasteiger partial charge in [-0.15, -0.1) is 0 Å². The fourth-order valence-electron chi connectivity index (χ4n) is 3.95. The largest absolute Gasteiger partial charge is 0.493 e. The number of ether oxygens (including phenoxy) is 1. The number of non-ortho nitro benzene ring substituents is 1. The van der Waals surface area contributed by atoms with Crippen molar-refractivity contribution in [3.8, 4) is 5.75 Å². The van der Waals surface area contributed by atoms with Crippen LogP contribution in [0.15, 0.2) is 52.0 Å². The SMILES string of the molecule is COc1cc([N+](=O)[O-])cc2cc(C(=O)N/N=C\c3ccc4c(c3)C(C)=CC(C)(C)N4C)oc12. The van der Waals surface area contributed by atoms with Crippen molar-refractivity contribution in [2.75, 3.05) is 19.1 Å². The number of allylic oxidation sites excluding steroid dienone is 1. The van der Waals surface area contributed by atoms with Gasteiger partial charge in [0.2, 0.25) is 0 Å². The lowest BCUT2D eigenvalue weighted by molar-refractivity contribution is -0.384. The number of nitrogens with zero attached hydrogens (tertiary/aromatic N) is 3. The van der Waals surface area contributed by atoms with Gasteiger partial charge in [-0.1, -0.05) is 12.1 Å². The molecule has 2 heterocycles. The highest BCUT2D eigenvalue weighted by atomic mass is 16.6. The van der Waals surface area contributed by atoms with E-state index in [-0.39, 0.29) is 28.3 Å². The molecule has 0 aliphatic carbocycles. The summed E-state index contributed by atoms with van der Waals surface area (Å²) >= 11 is 0. The number of rotatable bonds is 5. The van der Waals surface area contributed by atoms with Crippen LogP contribution in [0, 0.1) is 10.1 Å². The number of likely N-dealkylation sites (N-methyl/N-ethyl adjacent to an activating group) is 1. The molecular formula is C24H24N4O5. The molecule has 4 rings (SSSR count). The van der Waals surface area contributed by atoms with Gasteiger partial charge >= 0.3 is 5.91 Å². The zero-order valence-corrected chi connectivity index (χ0v) is 19.0. The first-order valence-electron chi connectivity index (χ1n) is 10.3. The molecule has 1 N–H and O–H groups in total. The quantitative estimate of drug-likeness (QED) is 0.343. The summed E-state index contributed by atoms with van der Waals surface area (Å²) in [6, 6.07) is 9.98. The normalized spacial score (nSPS) is 14.8. The molecule has 1 aliphatic heterocycles. The molecule has 1 aliphatic rings. The first-order valence-corrected chi connectivity index (χ1v) is 10.3. The molecule has 1 amide bonds. The second kappa shape index (κ2) is 8.09. The molecule has 9 nitrogen and oxygen atoms in total. The molecule has 0 saturated heterocycles. The average molecular weight is 448 g/mol. The van der Waals surface area contributed by atoms with Crippen LogP contribution in [0.25, 0.3) is 16.5 Å². The van der Waals surface area contributed by atoms with Gasteiger partial charge in [0, 0.05) is 29.8 Å². The number of nitrogens with one attached hydrogen (secondary N) is 1. The van der Waals surface area contributed by atoms with E-state index in [0.29, 0.717) is 5.39 Å². The number of fused-ring (bicyclic) bond motifs is 2. The topological polar surface area (TPSA) is 110 Å². The number of hydrogen-bond donors (Lipinski definition) is 1. The van der Waals surface area contributed by atoms with Crippen LogP contribution in [0.3, 0.4) is 0 Å². The second-order valence-corrected chi connectivity index (χ2v) is 8.45. The Bertz CT molecular complexity index is 1340. The van der Waals surface area contributed by atoms with Gasteiger partial charge in [0.25, 0.3) is 5.69 Å². The number of amides is 1. The minimum absolute atomic E-state index is 0.0333. The van der Waals surface area contributed by atoms with Gasteiger partial charge in [-0.3, -0.25) is 14.9 Å². The van der Waals surface area contributed by atoms with Gasteiger partial charge < -0.3 is 14.1 Å². The van der Waals surface area contributed by atoms with Crippen molar-refractivity contribution in [1.82, 2.24) is 5.43 Å². The lowest BCUT2D eigenvalue weighted by Gasteiger charge is -2.40. The van der Waals surface area contributed by atoms with E-state index in [1.54, 1.807) is 6.21 Å². The van der Waals surface area contributed by atoms with Crippen molar-refractivity contribution < 1.29 is 18.9 Å². The number of furan rings is 1. The lowest BCUT2D eigenvalue weighted by atomic mass is 9.89. The van der Waals surface area contributed by atoms with Crippen molar-refractivity contribution in [3.05, 3.63) is 69.5 Å². The number of carbonyl (C=O) groups excluding carboxylic acids is 1. The molecule has 0 atom stereocenters. The van der Waals surface area contributed by atoms with Gasteiger partial charge in [-0.05, 0) is 50.1 Å². The number of methoxy groups -OCH3 is 1. The second-order valence-electron chi connectivity index (χ2n) is 8.45. The van der Waals surface area contributed by atoms with E-state index in [0.717, 1.165) is 16.8 Å². The van der Waals surface area contributed by atoms with Gasteiger partial charge in [-0.25, -0.2) is 5.43 Å². The maximum atomic E-state index is 12.5. The third kappa shape index (κ3) is 4.05. The molecule has 9 heteroatoms. The molecule has 3 aromatic rings. The van der Waals surface area contributed by atoms with Crippen LogP contribution in [-0.4, -0.2) is 36.7 Å². The standard InChI is InChI=1S/C24H24N4O5/c1-14-12-24(2,3)27(4)19-7-6-15(8-18(14)19)13-25-26-23(29)21-10-16-9-17(28(30)31)11-20(32-5)22(16)33-21/h6-13H,1-5H3,(H,26,29)/b25-13-. The molecule has 0 fully saturated rings. The average Bonchev–Trinajstić information content (AvgIpc) is 3.21. The number of nitro groups is 1. The Balaban J connectivity index is 1.54. The van der Waals surface area contributed by atoms with Crippen molar-refractivity contribution >= 4 is 40.0 Å². The summed E-state index contributed by atoms with van der Waals surface area (Å²) in [5.41, 5.74) is 6.70. The van der Waals surface area contributed by atoms with E-state index in [9.17, 15) is 14.9 Å². The Hall–Kier alpha value is -4.14. The number of carbonyl (C=O) groups is 1. The van der Waals surface area contributed by atoms with E-state index < -0.39 is 10.8 Å². The monoisotopic (exact) mass is 448 g/mol. The van der Waals surface area contributed by atoms with Crippen molar-refractivity contribution in [2.24, 2.45) is 5.10 Å². The third-order valence-electron chi connectivity index (χ3n) is 5.84. The molecule has 0 radical (unpaired) electrons. The summed E-state index contributed by atoms with van der Waals surface area (Å²) < 4.78 is 10.7. The van der Waals surface area contributed by atoms with E-state index in [2.05, 4.69) is 49.3 Å². The molecule has 1 aromatic heterocycles. The highest BCUT2D eigenvalue weighted by Crippen LogP contribution is 2.38. The lowest BCUT2D eigenvalue weighted by Crippen LogP contribution is -2.42. The van der Waals surface area contributed by atoms with Crippen molar-refractivity contribution in [2.45, 2.75) is 26.3 Å². The number of anilines is 1. The van der Waals surface area contributed by atoms with Crippen LogP contribution in [-0.2, 0) is 0 Å². The molecule has 0 saturated carbocycles. The molecule has 2 aromatic carbocycles. The Kier molecular flexibility index (Phi) is 5.41. The zero-order valence-electron chi connectivity index (χ0n) is 19.0. The fraction of sp³-hybridized carbons (Fsp3) is 0.250. The van der Waals surface area contributed by atoms with Gasteiger partial charge in [0.15, 0.2) is 17.1 Å². The fourth-order valence-corrected chi connectivity index (χ4v) is 3.95. The predicted molar refractivity (Wildman–Crippen MR) is 127 cm³/mol. The highest BCUT2D eigenvalue weighted by molar-refractivity contribution is 5.98. The van der Waals surface area contributed by atoms with Gasteiger partial charge in [0.1, 0.15) is 0 Å². The van der Waals surface area contributed by atoms with Gasteiger partial charge in [0.05, 0.1) is 29.9 Å². The molecule has 0 bridgehead atoms. The number of nitro benzene ring substituents is 1. The molecule has 0 spiro atoms. The zero-order chi connectivity index (χ0) is 23.9. The minimum atomic E-state index is -0.581. The Labute approximate surface area is 190 Å². The van der Waals surface area contributed by atoms with E-state index in [1.165, 1.54) is 30.9 Å². The van der Waals surface area contributed by atoms with Crippen molar-refractivity contribution in [3.63, 3.8) is 0 Å². The van der Waals surface area contributed by atoms with Crippen LogP contribution in [0.2, 0.25) is 0 Å². The van der Waals surface area contributed by atoms with E-state index >= 15 is 0 Å². The van der Waals surface area contributed by atoms with E-state index in [1.807, 2.05) is 18.2 Å². The molecule has 170 valence electrons. The smallest absolute Gasteiger partial charge is 0.307 e. The molecule has 0 unspecified atom stereocenters. The maximum Gasteiger partial charge on any atom is 0.307 e. The Morgan fingerprint density at radius 1 is 1.27 bits per heavy atom.